The third kappa shape index (κ3) is 5.41. The second-order valence-corrected chi connectivity index (χ2v) is 8.86. The molecule has 8 nitrogen and oxygen atoms in total. The summed E-state index contributed by atoms with van der Waals surface area (Å²) in [5.41, 5.74) is 1.24. The first-order valence-corrected chi connectivity index (χ1v) is 11.0. The Labute approximate surface area is 170 Å². The summed E-state index contributed by atoms with van der Waals surface area (Å²) in [7, 11) is -1.51. The second-order valence-electron chi connectivity index (χ2n) is 6.84. The number of pyridine rings is 1. The highest BCUT2D eigenvalue weighted by atomic mass is 32.2. The van der Waals surface area contributed by atoms with Gasteiger partial charge >= 0.3 is 0 Å². The van der Waals surface area contributed by atoms with Crippen LogP contribution in [0, 0.1) is 0 Å². The lowest BCUT2D eigenvalue weighted by Gasteiger charge is -2.14. The van der Waals surface area contributed by atoms with Crippen molar-refractivity contribution < 1.29 is 8.42 Å². The van der Waals surface area contributed by atoms with Crippen molar-refractivity contribution in [2.75, 3.05) is 29.3 Å². The third-order valence-corrected chi connectivity index (χ3v) is 5.04. The molecule has 0 atom stereocenters. The molecule has 9 heteroatoms. The first kappa shape index (κ1) is 20.5. The fraction of sp³-hybridized carbons (Fsp3) is 0.250. The molecule has 0 aliphatic carbocycles. The quantitative estimate of drug-likeness (QED) is 0.541. The molecule has 0 fully saturated rings. The first-order valence-electron chi connectivity index (χ1n) is 9.12. The number of benzene rings is 1. The van der Waals surface area contributed by atoms with Crippen molar-refractivity contribution in [1.29, 1.82) is 0 Å². The Balaban J connectivity index is 2.02. The van der Waals surface area contributed by atoms with Crippen LogP contribution in [-0.2, 0) is 9.84 Å². The number of hydrogen-bond donors (Lipinski definition) is 3. The fourth-order valence-electron chi connectivity index (χ4n) is 2.65. The van der Waals surface area contributed by atoms with Crippen LogP contribution >= 0.6 is 0 Å². The van der Waals surface area contributed by atoms with Gasteiger partial charge in [0.05, 0.1) is 4.90 Å². The Hall–Kier alpha value is -3.20. The maximum Gasteiger partial charge on any atom is 0.182 e. The highest BCUT2D eigenvalue weighted by molar-refractivity contribution is 7.90. The summed E-state index contributed by atoms with van der Waals surface area (Å²) in [4.78, 5) is 13.9. The molecule has 0 aliphatic rings. The molecule has 3 N–H and O–H groups in total. The van der Waals surface area contributed by atoms with Crippen LogP contribution < -0.4 is 16.0 Å². The second kappa shape index (κ2) is 8.44. The van der Waals surface area contributed by atoms with Gasteiger partial charge in [-0.2, -0.15) is 0 Å². The number of nitrogens with one attached hydrogen (secondary N) is 3. The number of nitrogens with zero attached hydrogens (tertiary/aromatic N) is 3. The number of sulfone groups is 1. The minimum absolute atomic E-state index is 0.177. The van der Waals surface area contributed by atoms with Crippen LogP contribution in [0.4, 0.5) is 23.1 Å². The lowest BCUT2D eigenvalue weighted by atomic mass is 10.3. The van der Waals surface area contributed by atoms with Crippen molar-refractivity contribution in [2.45, 2.75) is 24.8 Å². The molecule has 3 rings (SSSR count). The molecular formula is C20H24N6O2S. The molecule has 3 aromatic rings. The third-order valence-electron chi connectivity index (χ3n) is 3.93. The van der Waals surface area contributed by atoms with E-state index >= 15 is 0 Å². The number of rotatable bonds is 7. The van der Waals surface area contributed by atoms with E-state index in [2.05, 4.69) is 30.9 Å². The SMILES string of the molecule is CNc1cccc(-c2nc(Nc3cccc(S(C)(=O)=O)c3)cc(NC(C)C)n2)n1. The van der Waals surface area contributed by atoms with Crippen LogP contribution in [0.25, 0.3) is 11.5 Å². The molecule has 2 aromatic heterocycles. The van der Waals surface area contributed by atoms with Crippen molar-refractivity contribution >= 4 is 33.0 Å². The van der Waals surface area contributed by atoms with E-state index in [1.54, 1.807) is 37.4 Å². The molecule has 0 spiro atoms. The zero-order valence-electron chi connectivity index (χ0n) is 16.8. The van der Waals surface area contributed by atoms with E-state index in [-0.39, 0.29) is 10.9 Å². The monoisotopic (exact) mass is 412 g/mol. The van der Waals surface area contributed by atoms with Crippen LogP contribution in [-0.4, -0.2) is 42.7 Å². The smallest absolute Gasteiger partial charge is 0.182 e. The molecule has 0 amide bonds. The van der Waals surface area contributed by atoms with E-state index in [1.807, 2.05) is 32.0 Å². The van der Waals surface area contributed by atoms with Crippen LogP contribution in [0.1, 0.15) is 13.8 Å². The molecular weight excluding hydrogens is 388 g/mol. The van der Waals surface area contributed by atoms with Gasteiger partial charge in [0.2, 0.25) is 0 Å². The Morgan fingerprint density at radius 1 is 0.897 bits per heavy atom. The van der Waals surface area contributed by atoms with E-state index in [0.717, 1.165) is 0 Å². The lowest BCUT2D eigenvalue weighted by molar-refractivity contribution is 0.602. The number of hydrogen-bond acceptors (Lipinski definition) is 8. The van der Waals surface area contributed by atoms with Crippen LogP contribution in [0.2, 0.25) is 0 Å². The summed E-state index contributed by atoms with van der Waals surface area (Å²) in [6.07, 6.45) is 1.18. The van der Waals surface area contributed by atoms with Gasteiger partial charge in [0.15, 0.2) is 15.7 Å². The summed E-state index contributed by atoms with van der Waals surface area (Å²) < 4.78 is 23.7. The van der Waals surface area contributed by atoms with Gasteiger partial charge in [-0.1, -0.05) is 12.1 Å². The lowest BCUT2D eigenvalue weighted by Crippen LogP contribution is -2.12. The molecule has 0 radical (unpaired) electrons. The molecule has 0 bridgehead atoms. The van der Waals surface area contributed by atoms with Gasteiger partial charge in [0.25, 0.3) is 0 Å². The molecule has 0 unspecified atom stereocenters. The van der Waals surface area contributed by atoms with Crippen molar-refractivity contribution in [3.63, 3.8) is 0 Å². The Morgan fingerprint density at radius 2 is 1.62 bits per heavy atom. The largest absolute Gasteiger partial charge is 0.373 e. The predicted molar refractivity (Wildman–Crippen MR) is 116 cm³/mol. The molecule has 1 aromatic carbocycles. The van der Waals surface area contributed by atoms with Crippen LogP contribution in [0.5, 0.6) is 0 Å². The summed E-state index contributed by atoms with van der Waals surface area (Å²) in [6.45, 7) is 4.04. The predicted octanol–water partition coefficient (Wildman–Crippen LogP) is 3.55. The molecule has 0 saturated heterocycles. The van der Waals surface area contributed by atoms with E-state index in [4.69, 9.17) is 0 Å². The Kier molecular flexibility index (Phi) is 5.97. The van der Waals surface area contributed by atoms with E-state index in [9.17, 15) is 8.42 Å². The minimum atomic E-state index is -3.30. The van der Waals surface area contributed by atoms with Crippen molar-refractivity contribution in [3.05, 3.63) is 48.5 Å². The van der Waals surface area contributed by atoms with E-state index in [0.29, 0.717) is 34.7 Å². The van der Waals surface area contributed by atoms with Crippen LogP contribution in [0.15, 0.2) is 53.4 Å². The van der Waals surface area contributed by atoms with Gasteiger partial charge < -0.3 is 16.0 Å². The van der Waals surface area contributed by atoms with Gasteiger partial charge in [0.1, 0.15) is 23.1 Å². The molecule has 29 heavy (non-hydrogen) atoms. The minimum Gasteiger partial charge on any atom is -0.373 e. The summed E-state index contributed by atoms with van der Waals surface area (Å²) in [5, 5.41) is 9.45. The molecule has 152 valence electrons. The van der Waals surface area contributed by atoms with E-state index in [1.165, 1.54) is 6.26 Å². The zero-order valence-corrected chi connectivity index (χ0v) is 17.6. The van der Waals surface area contributed by atoms with Gasteiger partial charge in [-0.25, -0.2) is 23.4 Å². The molecule has 0 saturated carbocycles. The highest BCUT2D eigenvalue weighted by Gasteiger charge is 2.12. The maximum atomic E-state index is 11.8. The maximum absolute atomic E-state index is 11.8. The van der Waals surface area contributed by atoms with Gasteiger partial charge in [-0.15, -0.1) is 0 Å². The van der Waals surface area contributed by atoms with Crippen molar-refractivity contribution in [2.24, 2.45) is 0 Å². The molecule has 2 heterocycles. The zero-order chi connectivity index (χ0) is 21.0. The molecule has 0 aliphatic heterocycles. The van der Waals surface area contributed by atoms with Gasteiger partial charge in [-0.3, -0.25) is 0 Å². The standard InChI is InChI=1S/C20H24N6O2S/c1-13(2)22-18-12-19(23-14-7-5-8-15(11-14)29(4,27)28)26-20(25-18)16-9-6-10-17(21-3)24-16/h5-13H,1-4H3,(H,21,24)(H2,22,23,25,26). The number of aromatic nitrogens is 3. The first-order chi connectivity index (χ1) is 13.7. The van der Waals surface area contributed by atoms with E-state index < -0.39 is 9.84 Å². The average Bonchev–Trinajstić information content (AvgIpc) is 2.67. The van der Waals surface area contributed by atoms with Gasteiger partial charge in [-0.05, 0) is 44.2 Å². The van der Waals surface area contributed by atoms with Crippen LogP contribution in [0.3, 0.4) is 0 Å². The highest BCUT2D eigenvalue weighted by Crippen LogP contribution is 2.24. The fourth-order valence-corrected chi connectivity index (χ4v) is 3.31. The number of anilines is 4. The average molecular weight is 413 g/mol. The summed E-state index contributed by atoms with van der Waals surface area (Å²) in [5.74, 6) is 2.34. The van der Waals surface area contributed by atoms with Gasteiger partial charge in [0, 0.05) is 31.1 Å². The van der Waals surface area contributed by atoms with Crippen molar-refractivity contribution in [1.82, 2.24) is 15.0 Å². The Morgan fingerprint density at radius 3 is 2.31 bits per heavy atom. The summed E-state index contributed by atoms with van der Waals surface area (Å²) in [6, 6.07) is 14.1. The Bertz CT molecular complexity index is 1120. The normalized spacial score (nSPS) is 11.3. The topological polar surface area (TPSA) is 109 Å². The van der Waals surface area contributed by atoms with Crippen molar-refractivity contribution in [3.8, 4) is 11.5 Å². The summed E-state index contributed by atoms with van der Waals surface area (Å²) >= 11 is 0.